The first kappa shape index (κ1) is 58.0. The topological polar surface area (TPSA) is 32.8 Å². The lowest BCUT2D eigenvalue weighted by molar-refractivity contribution is 0.462. The lowest BCUT2D eigenvalue weighted by atomic mass is 9.65. The van der Waals surface area contributed by atoms with E-state index in [-0.39, 0.29) is 11.8 Å². The normalized spacial score (nSPS) is 17.6. The standard InChI is InChI=1S/C93H67N2O2SSi/c1-98-71-24-16-22-62(50-71)64-36-44-88-79(52-64)82-55-69(42-47-91(82)97-88)95(67-39-35-59-19-7-9-21-61(59)49-67)87-57-86-92(77-31-11-10-30-76(77)87)78-43-40-70(56-85(78)93(86)83-32-14-12-28-74(83)75-29-13-15-33-84(75)93)94(66-38-34-58-18-6-8-20-60(58)48-66)68-41-46-90-81(54-68)80-53-65(37-45-89(80)96-90)63-23-17-27-73(51-63)99(2)72-25-4-3-5-26-72/h3-7,9-19,21-58,60,78,85H,8,20H2,1-2H3/q-1/p+1. The first-order chi connectivity index (χ1) is 48.9. The van der Waals surface area contributed by atoms with E-state index < -0.39 is 14.2 Å². The number of hydrogen-bond acceptors (Lipinski definition) is 4. The average Bonchev–Trinajstić information content (AvgIpc) is 1.50. The average molecular weight is 1310 g/mol. The van der Waals surface area contributed by atoms with Crippen molar-refractivity contribution in [2.75, 3.05) is 16.1 Å². The Morgan fingerprint density at radius 3 is 1.72 bits per heavy atom. The summed E-state index contributed by atoms with van der Waals surface area (Å²) >= 11 is 1.25. The van der Waals surface area contributed by atoms with Crippen molar-refractivity contribution in [3.05, 3.63) is 355 Å². The van der Waals surface area contributed by atoms with Crippen LogP contribution in [-0.4, -0.2) is 15.1 Å². The predicted molar refractivity (Wildman–Crippen MR) is 419 cm³/mol. The monoisotopic (exact) mass is 1300 g/mol. The molecule has 0 amide bonds. The van der Waals surface area contributed by atoms with Crippen LogP contribution in [0.1, 0.15) is 41.0 Å². The number of furan rings is 2. The molecule has 6 heteroatoms. The van der Waals surface area contributed by atoms with Gasteiger partial charge >= 0.3 is 0 Å². The summed E-state index contributed by atoms with van der Waals surface area (Å²) in [6.07, 6.45) is 24.3. The lowest BCUT2D eigenvalue weighted by Gasteiger charge is -2.39. The number of allylic oxidation sites excluding steroid dienone is 8. The lowest BCUT2D eigenvalue weighted by Crippen LogP contribution is -2.38. The van der Waals surface area contributed by atoms with Gasteiger partial charge < -0.3 is 18.6 Å². The predicted octanol–water partition coefficient (Wildman–Crippen LogP) is 22.7. The molecule has 0 fully saturated rings. The van der Waals surface area contributed by atoms with Crippen molar-refractivity contribution in [1.29, 1.82) is 0 Å². The van der Waals surface area contributed by atoms with Crippen LogP contribution in [0.3, 0.4) is 0 Å². The zero-order valence-corrected chi connectivity index (χ0v) is 56.9. The summed E-state index contributed by atoms with van der Waals surface area (Å²) in [7, 11) is -0.956. The van der Waals surface area contributed by atoms with Crippen LogP contribution in [0, 0.1) is 17.8 Å². The maximum Gasteiger partial charge on any atom is 0.152 e. The van der Waals surface area contributed by atoms with E-state index in [2.05, 4.69) is 344 Å². The van der Waals surface area contributed by atoms with Gasteiger partial charge in [-0.1, -0.05) is 218 Å². The van der Waals surface area contributed by atoms with Crippen molar-refractivity contribution in [2.45, 2.75) is 35.6 Å². The van der Waals surface area contributed by atoms with Crippen molar-refractivity contribution in [2.24, 2.45) is 17.8 Å². The SMILES string of the molecule is C[SH+]c1cccc(-c2ccc3oc4ccc(N(c5ccc6ccccc6c5)c5cc6c(c7ccccc57)C5C=CC(N(C7=CC8CCC=CC8C=C7)c7ccc8oc9ccc(-c%10cccc([Si-](C)c%11ccccc%11)c%10)cc9c8c7)=CC5C65c6ccccc6-c6ccccc65)cc4c3c2)c1. The third-order valence-electron chi connectivity index (χ3n) is 22.4. The van der Waals surface area contributed by atoms with Crippen LogP contribution in [0.2, 0.25) is 6.55 Å². The van der Waals surface area contributed by atoms with Crippen molar-refractivity contribution >= 4 is 119 Å². The Hall–Kier alpha value is -11.2. The first-order valence-corrected chi connectivity index (χ1v) is 38.2. The summed E-state index contributed by atoms with van der Waals surface area (Å²) in [4.78, 5) is 6.41. The van der Waals surface area contributed by atoms with E-state index in [0.717, 1.165) is 85.2 Å². The largest absolute Gasteiger partial charge is 0.456 e. The molecule has 5 aliphatic carbocycles. The Morgan fingerprint density at radius 2 is 0.990 bits per heavy atom. The molecule has 0 saturated heterocycles. The highest BCUT2D eigenvalue weighted by atomic mass is 32.2. The molecule has 0 bridgehead atoms. The molecule has 4 unspecified atom stereocenters. The maximum absolute atomic E-state index is 6.79. The van der Waals surface area contributed by atoms with Gasteiger partial charge in [0.15, 0.2) is 4.90 Å². The number of nitrogens with zero attached hydrogens (tertiary/aromatic N) is 2. The van der Waals surface area contributed by atoms with Gasteiger partial charge in [-0.25, -0.2) is 0 Å². The molecule has 472 valence electrons. The van der Waals surface area contributed by atoms with Crippen LogP contribution in [0.25, 0.3) is 98.8 Å². The number of anilines is 4. The van der Waals surface area contributed by atoms with Crippen molar-refractivity contribution < 1.29 is 8.83 Å². The number of benzene rings is 13. The summed E-state index contributed by atoms with van der Waals surface area (Å²) < 4.78 is 13.5. The van der Waals surface area contributed by atoms with Gasteiger partial charge in [-0.15, -0.1) is 0 Å². The molecule has 2 aromatic heterocycles. The second-order valence-electron chi connectivity index (χ2n) is 27.5. The molecule has 4 atom stereocenters. The van der Waals surface area contributed by atoms with Crippen molar-refractivity contribution in [3.63, 3.8) is 0 Å². The van der Waals surface area contributed by atoms with Gasteiger partial charge in [-0.05, 0) is 188 Å². The van der Waals surface area contributed by atoms with Gasteiger partial charge in [0.25, 0.3) is 0 Å². The fourth-order valence-corrected chi connectivity index (χ4v) is 20.0. The van der Waals surface area contributed by atoms with E-state index in [1.165, 1.54) is 110 Å². The Morgan fingerprint density at radius 1 is 0.424 bits per heavy atom. The minimum Gasteiger partial charge on any atom is -0.456 e. The third-order valence-corrected chi connectivity index (χ3v) is 25.5. The molecule has 0 aliphatic heterocycles. The molecule has 0 saturated carbocycles. The highest BCUT2D eigenvalue weighted by Crippen LogP contribution is 2.68. The molecule has 1 spiro atoms. The second-order valence-corrected chi connectivity index (χ2v) is 30.9. The molecule has 15 aromatic rings. The fourth-order valence-electron chi connectivity index (χ4n) is 17.7. The third kappa shape index (κ3) is 9.19. The molecule has 0 radical (unpaired) electrons. The van der Waals surface area contributed by atoms with Crippen LogP contribution in [0.15, 0.2) is 347 Å². The van der Waals surface area contributed by atoms with E-state index in [4.69, 9.17) is 8.83 Å². The summed E-state index contributed by atoms with van der Waals surface area (Å²) in [5.74, 6) is 0.756. The summed E-state index contributed by atoms with van der Waals surface area (Å²) in [6, 6.07) is 103. The van der Waals surface area contributed by atoms with Crippen LogP contribution < -0.4 is 20.2 Å². The van der Waals surface area contributed by atoms with E-state index in [1.54, 1.807) is 0 Å². The minimum atomic E-state index is -0.956. The first-order valence-electron chi connectivity index (χ1n) is 34.8. The molecule has 99 heavy (non-hydrogen) atoms. The fraction of sp³-hybridized carbons (Fsp3) is 0.0968. The van der Waals surface area contributed by atoms with Gasteiger partial charge in [-0.3, -0.25) is 8.80 Å². The number of thiol groups is 1. The second kappa shape index (κ2) is 23.0. The highest BCUT2D eigenvalue weighted by molar-refractivity contribution is 7.77. The zero-order chi connectivity index (χ0) is 65.5. The zero-order valence-electron chi connectivity index (χ0n) is 55.0. The Labute approximate surface area is 582 Å². The van der Waals surface area contributed by atoms with Gasteiger partial charge in [0.2, 0.25) is 0 Å². The van der Waals surface area contributed by atoms with Gasteiger partial charge in [0, 0.05) is 91.0 Å². The maximum atomic E-state index is 6.79. The van der Waals surface area contributed by atoms with E-state index in [0.29, 0.717) is 11.8 Å². The quantitative estimate of drug-likeness (QED) is 0.0559. The van der Waals surface area contributed by atoms with Gasteiger partial charge in [-0.2, -0.15) is 16.9 Å². The number of fused-ring (bicyclic) bond motifs is 20. The number of rotatable bonds is 11. The molecule has 2 heterocycles. The molecule has 20 rings (SSSR count). The molecule has 13 aromatic carbocycles. The summed E-state index contributed by atoms with van der Waals surface area (Å²) in [5.41, 5.74) is 22.4. The van der Waals surface area contributed by atoms with Crippen LogP contribution in [-0.2, 0) is 17.2 Å². The summed E-state index contributed by atoms with van der Waals surface area (Å²) in [5, 5.41) is 12.1. The highest BCUT2D eigenvalue weighted by Gasteiger charge is 2.58. The van der Waals surface area contributed by atoms with Crippen molar-refractivity contribution in [3.8, 4) is 33.4 Å². The Bertz CT molecular complexity index is 5980. The molecule has 4 nitrogen and oxygen atoms in total. The molecule has 5 aliphatic rings. The molecular weight excluding hydrogens is 1240 g/mol. The Balaban J connectivity index is 0.787. The minimum absolute atomic E-state index is 0.0249. The van der Waals surface area contributed by atoms with E-state index >= 15 is 0 Å². The smallest absolute Gasteiger partial charge is 0.152 e. The summed E-state index contributed by atoms with van der Waals surface area (Å²) in [6.45, 7) is 2.41. The van der Waals surface area contributed by atoms with Crippen LogP contribution in [0.4, 0.5) is 22.7 Å². The van der Waals surface area contributed by atoms with E-state index in [9.17, 15) is 0 Å². The molecular formula is C93H68N2O2SSi. The van der Waals surface area contributed by atoms with Gasteiger partial charge in [0.05, 0.1) is 11.1 Å². The van der Waals surface area contributed by atoms with Crippen LogP contribution >= 0.6 is 0 Å². The molecule has 0 N–H and O–H groups in total. The van der Waals surface area contributed by atoms with Gasteiger partial charge in [0.1, 0.15) is 28.6 Å². The van der Waals surface area contributed by atoms with Crippen molar-refractivity contribution in [1.82, 2.24) is 0 Å². The Kier molecular flexibility index (Phi) is 13.5. The number of hydrogen-bond donors (Lipinski definition) is 0. The van der Waals surface area contributed by atoms with Crippen LogP contribution in [0.5, 0.6) is 0 Å². The van der Waals surface area contributed by atoms with E-state index in [1.807, 2.05) is 0 Å².